The van der Waals surface area contributed by atoms with Crippen LogP contribution in [0.5, 0.6) is 0 Å². The van der Waals surface area contributed by atoms with Gasteiger partial charge in [0.25, 0.3) is 0 Å². The van der Waals surface area contributed by atoms with Crippen LogP contribution < -0.4 is 0 Å². The van der Waals surface area contributed by atoms with Crippen molar-refractivity contribution in [2.24, 2.45) is 0 Å². The molecule has 0 aromatic heterocycles. The van der Waals surface area contributed by atoms with Crippen molar-refractivity contribution in [3.63, 3.8) is 0 Å². The van der Waals surface area contributed by atoms with Gasteiger partial charge >= 0.3 is 6.18 Å². The SMILES string of the molecule is CCCCC(=O)c1ccc(C(C)C(F)(F)F)cc1. The van der Waals surface area contributed by atoms with Crippen molar-refractivity contribution in [2.75, 3.05) is 0 Å². The van der Waals surface area contributed by atoms with Crippen molar-refractivity contribution >= 4 is 5.78 Å². The highest BCUT2D eigenvalue weighted by atomic mass is 19.4. The first-order chi connectivity index (χ1) is 8.36. The van der Waals surface area contributed by atoms with E-state index in [9.17, 15) is 18.0 Å². The number of benzene rings is 1. The fraction of sp³-hybridized carbons (Fsp3) is 0.500. The second-order valence-electron chi connectivity index (χ2n) is 4.41. The average molecular weight is 258 g/mol. The molecule has 0 bridgehead atoms. The predicted molar refractivity (Wildman–Crippen MR) is 64.8 cm³/mol. The summed E-state index contributed by atoms with van der Waals surface area (Å²) < 4.78 is 37.5. The molecular formula is C14H17F3O. The van der Waals surface area contributed by atoms with Crippen molar-refractivity contribution in [1.82, 2.24) is 0 Å². The van der Waals surface area contributed by atoms with Gasteiger partial charge in [-0.15, -0.1) is 0 Å². The van der Waals surface area contributed by atoms with Gasteiger partial charge in [-0.1, -0.05) is 37.6 Å². The fourth-order valence-corrected chi connectivity index (χ4v) is 1.63. The number of rotatable bonds is 5. The number of hydrogen-bond donors (Lipinski definition) is 0. The minimum Gasteiger partial charge on any atom is -0.294 e. The molecule has 1 rings (SSSR count). The second kappa shape index (κ2) is 6.03. The zero-order chi connectivity index (χ0) is 13.8. The quantitative estimate of drug-likeness (QED) is 0.698. The van der Waals surface area contributed by atoms with Gasteiger partial charge in [-0.25, -0.2) is 0 Å². The summed E-state index contributed by atoms with van der Waals surface area (Å²) in [6, 6.07) is 5.74. The highest BCUT2D eigenvalue weighted by Gasteiger charge is 2.36. The number of halogens is 3. The van der Waals surface area contributed by atoms with E-state index in [1.165, 1.54) is 24.3 Å². The smallest absolute Gasteiger partial charge is 0.294 e. The summed E-state index contributed by atoms with van der Waals surface area (Å²) in [5, 5.41) is 0. The Kier molecular flexibility index (Phi) is 4.93. The van der Waals surface area contributed by atoms with Crippen molar-refractivity contribution in [2.45, 2.75) is 45.2 Å². The Morgan fingerprint density at radius 3 is 2.22 bits per heavy atom. The lowest BCUT2D eigenvalue weighted by Crippen LogP contribution is -2.17. The van der Waals surface area contributed by atoms with Crippen LogP contribution in [0.4, 0.5) is 13.2 Å². The zero-order valence-corrected chi connectivity index (χ0v) is 10.6. The van der Waals surface area contributed by atoms with E-state index >= 15 is 0 Å². The predicted octanol–water partition coefficient (Wildman–Crippen LogP) is 4.73. The van der Waals surface area contributed by atoms with Crippen molar-refractivity contribution in [3.05, 3.63) is 35.4 Å². The highest BCUT2D eigenvalue weighted by molar-refractivity contribution is 5.96. The first-order valence-corrected chi connectivity index (χ1v) is 6.06. The Morgan fingerprint density at radius 1 is 1.22 bits per heavy atom. The molecule has 1 aromatic rings. The maximum Gasteiger partial charge on any atom is 0.395 e. The average Bonchev–Trinajstić information content (AvgIpc) is 2.34. The fourth-order valence-electron chi connectivity index (χ4n) is 1.63. The topological polar surface area (TPSA) is 17.1 Å². The standard InChI is InChI=1S/C14H17F3O/c1-3-4-5-13(18)12-8-6-11(7-9-12)10(2)14(15,16)17/h6-10H,3-5H2,1-2H3. The summed E-state index contributed by atoms with van der Waals surface area (Å²) in [6.45, 7) is 3.11. The van der Waals surface area contributed by atoms with Crippen LogP contribution in [0.2, 0.25) is 0 Å². The van der Waals surface area contributed by atoms with Gasteiger partial charge in [0.05, 0.1) is 5.92 Å². The molecule has 0 amide bonds. The third-order valence-corrected chi connectivity index (χ3v) is 2.98. The summed E-state index contributed by atoms with van der Waals surface area (Å²) in [4.78, 5) is 11.7. The molecular weight excluding hydrogens is 241 g/mol. The van der Waals surface area contributed by atoms with Gasteiger partial charge < -0.3 is 0 Å². The first kappa shape index (κ1) is 14.7. The van der Waals surface area contributed by atoms with Crippen LogP contribution in [0.1, 0.15) is 54.9 Å². The maximum atomic E-state index is 12.5. The van der Waals surface area contributed by atoms with Crippen LogP contribution >= 0.6 is 0 Å². The summed E-state index contributed by atoms with van der Waals surface area (Å²) >= 11 is 0. The Morgan fingerprint density at radius 2 is 1.78 bits per heavy atom. The molecule has 1 atom stereocenters. The van der Waals surface area contributed by atoms with E-state index in [0.717, 1.165) is 19.8 Å². The van der Waals surface area contributed by atoms with E-state index < -0.39 is 12.1 Å². The molecule has 0 N–H and O–H groups in total. The molecule has 0 fully saturated rings. The van der Waals surface area contributed by atoms with Gasteiger partial charge in [0.1, 0.15) is 0 Å². The molecule has 1 aromatic carbocycles. The largest absolute Gasteiger partial charge is 0.395 e. The zero-order valence-electron chi connectivity index (χ0n) is 10.6. The molecule has 1 unspecified atom stereocenters. The van der Waals surface area contributed by atoms with Gasteiger partial charge in [-0.3, -0.25) is 4.79 Å². The summed E-state index contributed by atoms with van der Waals surface area (Å²) in [5.41, 5.74) is 0.677. The van der Waals surface area contributed by atoms with Gasteiger partial charge in [0, 0.05) is 12.0 Å². The lowest BCUT2D eigenvalue weighted by Gasteiger charge is -2.16. The van der Waals surface area contributed by atoms with Crippen LogP contribution in [0.15, 0.2) is 24.3 Å². The molecule has 18 heavy (non-hydrogen) atoms. The van der Waals surface area contributed by atoms with E-state index in [1.54, 1.807) is 0 Å². The second-order valence-corrected chi connectivity index (χ2v) is 4.41. The van der Waals surface area contributed by atoms with Gasteiger partial charge in [0.2, 0.25) is 0 Å². The Hall–Kier alpha value is -1.32. The van der Waals surface area contributed by atoms with Crippen LogP contribution in [0.3, 0.4) is 0 Å². The summed E-state index contributed by atoms with van der Waals surface area (Å²) in [6.07, 6.45) is -2.06. The van der Waals surface area contributed by atoms with E-state index in [-0.39, 0.29) is 11.3 Å². The molecule has 0 aliphatic heterocycles. The number of ketones is 1. The number of unbranched alkanes of at least 4 members (excludes halogenated alkanes) is 1. The van der Waals surface area contributed by atoms with Gasteiger partial charge in [-0.05, 0) is 18.9 Å². The number of carbonyl (C=O) groups excluding carboxylic acids is 1. The molecule has 0 aliphatic carbocycles. The summed E-state index contributed by atoms with van der Waals surface area (Å²) in [5.74, 6) is -1.51. The monoisotopic (exact) mass is 258 g/mol. The van der Waals surface area contributed by atoms with E-state index in [2.05, 4.69) is 0 Å². The number of carbonyl (C=O) groups is 1. The Balaban J connectivity index is 2.77. The number of alkyl halides is 3. The lowest BCUT2D eigenvalue weighted by atomic mass is 9.97. The Labute approximate surface area is 105 Å². The Bertz CT molecular complexity index is 392. The third-order valence-electron chi connectivity index (χ3n) is 2.98. The van der Waals surface area contributed by atoms with E-state index in [1.807, 2.05) is 6.92 Å². The molecule has 100 valence electrons. The lowest BCUT2D eigenvalue weighted by molar-refractivity contribution is -0.146. The summed E-state index contributed by atoms with van der Waals surface area (Å²) in [7, 11) is 0. The van der Waals surface area contributed by atoms with Crippen LogP contribution in [-0.4, -0.2) is 12.0 Å². The van der Waals surface area contributed by atoms with Crippen molar-refractivity contribution in [1.29, 1.82) is 0 Å². The normalized spacial score (nSPS) is 13.4. The molecule has 0 aliphatic rings. The molecule has 0 heterocycles. The van der Waals surface area contributed by atoms with Crippen LogP contribution in [0.25, 0.3) is 0 Å². The first-order valence-electron chi connectivity index (χ1n) is 6.06. The number of Topliss-reactive ketones (excluding diaryl/α,β-unsaturated/α-hetero) is 1. The van der Waals surface area contributed by atoms with Gasteiger partial charge in [-0.2, -0.15) is 13.2 Å². The molecule has 1 nitrogen and oxygen atoms in total. The molecule has 0 saturated carbocycles. The van der Waals surface area contributed by atoms with Gasteiger partial charge in [0.15, 0.2) is 5.78 Å². The minimum absolute atomic E-state index is 0.0111. The van der Waals surface area contributed by atoms with Crippen molar-refractivity contribution < 1.29 is 18.0 Å². The van der Waals surface area contributed by atoms with Crippen LogP contribution in [-0.2, 0) is 0 Å². The van der Waals surface area contributed by atoms with E-state index in [0.29, 0.717) is 12.0 Å². The van der Waals surface area contributed by atoms with Crippen molar-refractivity contribution in [3.8, 4) is 0 Å². The highest BCUT2D eigenvalue weighted by Crippen LogP contribution is 2.34. The van der Waals surface area contributed by atoms with Crippen LogP contribution in [0, 0.1) is 0 Å². The molecule has 0 radical (unpaired) electrons. The third kappa shape index (κ3) is 3.86. The molecule has 0 spiro atoms. The minimum atomic E-state index is -4.24. The number of hydrogen-bond acceptors (Lipinski definition) is 1. The maximum absolute atomic E-state index is 12.5. The van der Waals surface area contributed by atoms with E-state index in [4.69, 9.17) is 0 Å². The molecule has 4 heteroatoms. The molecule has 0 saturated heterocycles.